The molecule has 0 aromatic heterocycles. The maximum absolute atomic E-state index is 3.77. The van der Waals surface area contributed by atoms with E-state index in [2.05, 4.69) is 27.7 Å². The summed E-state index contributed by atoms with van der Waals surface area (Å²) in [4.78, 5) is 0. The summed E-state index contributed by atoms with van der Waals surface area (Å²) in [5.41, 5.74) is 0.250. The fourth-order valence-electron chi connectivity index (χ4n) is 0. The Morgan fingerprint density at radius 3 is 1.14 bits per heavy atom. The van der Waals surface area contributed by atoms with Crippen molar-refractivity contribution in [3.8, 4) is 0 Å². The van der Waals surface area contributed by atoms with Crippen LogP contribution in [0.15, 0.2) is 0 Å². The van der Waals surface area contributed by atoms with Crippen LogP contribution in [0, 0.1) is 19.8 Å². The molecular formula is C6H14Mg. The van der Waals surface area contributed by atoms with Gasteiger partial charge in [-0.3, -0.25) is 0 Å². The Hall–Kier alpha value is 0.766. The molecule has 0 aliphatic rings. The van der Waals surface area contributed by atoms with Crippen molar-refractivity contribution in [3.05, 3.63) is 14.4 Å². The van der Waals surface area contributed by atoms with E-state index in [1.54, 1.807) is 0 Å². The molecule has 0 saturated heterocycles. The summed E-state index contributed by atoms with van der Waals surface area (Å²) in [6.45, 7) is 10.0. The Morgan fingerprint density at radius 2 is 1.14 bits per heavy atom. The molecule has 0 aliphatic heterocycles. The minimum Gasteiger partial charge on any atom is -0.358 e. The van der Waals surface area contributed by atoms with Crippen LogP contribution in [0.2, 0.25) is 0 Å². The van der Waals surface area contributed by atoms with E-state index in [1.807, 2.05) is 0 Å². The Morgan fingerprint density at radius 1 is 1.14 bits per heavy atom. The summed E-state index contributed by atoms with van der Waals surface area (Å²) >= 11 is 0. The molecule has 0 aliphatic carbocycles. The third-order valence-electron chi connectivity index (χ3n) is 0. The predicted octanol–water partition coefficient (Wildman–Crippen LogP) is 1.94. The number of hydrogen-bond donors (Lipinski definition) is 0. The van der Waals surface area contributed by atoms with Gasteiger partial charge >= 0.3 is 23.1 Å². The minimum absolute atomic E-state index is 0. The molecule has 0 spiro atoms. The van der Waals surface area contributed by atoms with Crippen LogP contribution in [0.3, 0.4) is 0 Å². The minimum atomic E-state index is 0. The molecule has 0 atom stereocenters. The monoisotopic (exact) mass is 110 g/mol. The average Bonchev–Trinajstić information content (AvgIpc) is 0.722. The van der Waals surface area contributed by atoms with Crippen molar-refractivity contribution in [2.75, 3.05) is 0 Å². The second-order valence-corrected chi connectivity index (χ2v) is 2.56. The van der Waals surface area contributed by atoms with E-state index in [1.165, 1.54) is 0 Å². The normalized spacial score (nSPS) is 8.57. The van der Waals surface area contributed by atoms with Crippen LogP contribution in [-0.2, 0) is 0 Å². The zero-order chi connectivity index (χ0) is 4.50. The van der Waals surface area contributed by atoms with E-state index >= 15 is 0 Å². The third kappa shape index (κ3) is 262. The first-order chi connectivity index (χ1) is 2.00. The van der Waals surface area contributed by atoms with Gasteiger partial charge in [-0.05, 0) is 0 Å². The van der Waals surface area contributed by atoms with Crippen molar-refractivity contribution < 1.29 is 0 Å². The van der Waals surface area contributed by atoms with Crippen LogP contribution < -0.4 is 0 Å². The van der Waals surface area contributed by atoms with Gasteiger partial charge in [-0.1, -0.05) is 20.8 Å². The van der Waals surface area contributed by atoms with E-state index in [0.29, 0.717) is 0 Å². The molecule has 0 radical (unpaired) electrons. The van der Waals surface area contributed by atoms with Crippen LogP contribution in [-0.4, -0.2) is 23.1 Å². The van der Waals surface area contributed by atoms with Gasteiger partial charge in [0.05, 0.1) is 0 Å². The molecule has 0 aromatic carbocycles. The van der Waals surface area contributed by atoms with Crippen molar-refractivity contribution in [2.45, 2.75) is 20.8 Å². The molecule has 0 N–H and O–H groups in total. The van der Waals surface area contributed by atoms with Gasteiger partial charge in [0.1, 0.15) is 0 Å². The van der Waals surface area contributed by atoms with Crippen molar-refractivity contribution >= 4 is 23.1 Å². The molecule has 0 amide bonds. The molecule has 0 fully saturated rings. The maximum atomic E-state index is 3.77. The topological polar surface area (TPSA) is 0 Å². The van der Waals surface area contributed by atoms with E-state index in [-0.39, 0.29) is 35.9 Å². The van der Waals surface area contributed by atoms with Gasteiger partial charge in [-0.15, -0.1) is 0 Å². The predicted molar refractivity (Wildman–Crippen MR) is 37.0 cm³/mol. The first-order valence-electron chi connectivity index (χ1n) is 1.85. The van der Waals surface area contributed by atoms with Crippen molar-refractivity contribution in [3.63, 3.8) is 0 Å². The summed E-state index contributed by atoms with van der Waals surface area (Å²) in [5, 5.41) is 0. The van der Waals surface area contributed by atoms with E-state index in [0.717, 1.165) is 0 Å². The van der Waals surface area contributed by atoms with Crippen LogP contribution in [0.5, 0.6) is 0 Å². The van der Waals surface area contributed by atoms with E-state index in [4.69, 9.17) is 0 Å². The summed E-state index contributed by atoms with van der Waals surface area (Å²) in [6, 6.07) is 0. The second kappa shape index (κ2) is 4.91. The number of hydrogen-bond acceptors (Lipinski definition) is 0. The fourth-order valence-corrected chi connectivity index (χ4v) is 0. The zero-order valence-electron chi connectivity index (χ0n) is 5.91. The Bertz CT molecular complexity index is 19.7. The van der Waals surface area contributed by atoms with E-state index in [9.17, 15) is 0 Å². The third-order valence-corrected chi connectivity index (χ3v) is 0. The van der Waals surface area contributed by atoms with Crippen LogP contribution >= 0.6 is 0 Å². The van der Waals surface area contributed by atoms with Gasteiger partial charge in [0.2, 0.25) is 0 Å². The van der Waals surface area contributed by atoms with Gasteiger partial charge in [-0.25, -0.2) is 0 Å². The molecule has 0 bridgehead atoms. The standard InChI is InChI=1S/C5H11.CH3.Mg/c1-5(2,3)4;;/h1H2,2-4H3;1H3;/q2*-1;+2. The van der Waals surface area contributed by atoms with Crippen molar-refractivity contribution in [1.29, 1.82) is 0 Å². The van der Waals surface area contributed by atoms with Gasteiger partial charge in [0, 0.05) is 0 Å². The summed E-state index contributed by atoms with van der Waals surface area (Å²) in [6.07, 6.45) is 0. The first kappa shape index (κ1) is 15.7. The summed E-state index contributed by atoms with van der Waals surface area (Å²) in [5.74, 6) is 0. The van der Waals surface area contributed by atoms with Crippen molar-refractivity contribution in [2.24, 2.45) is 5.41 Å². The second-order valence-electron chi connectivity index (χ2n) is 2.56. The summed E-state index contributed by atoms with van der Waals surface area (Å²) in [7, 11) is 0. The van der Waals surface area contributed by atoms with E-state index < -0.39 is 0 Å². The average molecular weight is 110 g/mol. The zero-order valence-corrected chi connectivity index (χ0v) is 7.33. The SMILES string of the molecule is [CH2-]C(C)(C)C.[CH3-].[Mg+2]. The fraction of sp³-hybridized carbons (Fsp3) is 0.667. The number of rotatable bonds is 0. The summed E-state index contributed by atoms with van der Waals surface area (Å²) < 4.78 is 0. The molecule has 0 saturated carbocycles. The van der Waals surface area contributed by atoms with Gasteiger partial charge in [-0.2, -0.15) is 5.41 Å². The smallest absolute Gasteiger partial charge is 0.358 e. The molecule has 0 aromatic rings. The molecule has 0 heterocycles. The largest absolute Gasteiger partial charge is 2.00 e. The first-order valence-corrected chi connectivity index (χ1v) is 1.85. The Balaban J connectivity index is -0.0000000800. The van der Waals surface area contributed by atoms with Gasteiger partial charge in [0.25, 0.3) is 0 Å². The molecule has 0 rings (SSSR count). The Kier molecular flexibility index (Phi) is 11.0. The van der Waals surface area contributed by atoms with Crippen molar-refractivity contribution in [1.82, 2.24) is 0 Å². The molecule has 7 heavy (non-hydrogen) atoms. The van der Waals surface area contributed by atoms with Crippen LogP contribution in [0.1, 0.15) is 20.8 Å². The van der Waals surface area contributed by atoms with Crippen LogP contribution in [0.25, 0.3) is 0 Å². The molecule has 0 unspecified atom stereocenters. The Labute approximate surface area is 63.8 Å². The van der Waals surface area contributed by atoms with Gasteiger partial charge < -0.3 is 14.4 Å². The molecule has 1 heteroatoms. The molecule has 0 nitrogen and oxygen atoms in total. The van der Waals surface area contributed by atoms with Gasteiger partial charge in [0.15, 0.2) is 0 Å². The quantitative estimate of drug-likeness (QED) is 0.330. The molecule has 40 valence electrons. The van der Waals surface area contributed by atoms with Crippen LogP contribution in [0.4, 0.5) is 0 Å². The maximum Gasteiger partial charge on any atom is 2.00 e. The molecular weight excluding hydrogens is 96.4 g/mol.